The fourth-order valence-corrected chi connectivity index (χ4v) is 1.79. The summed E-state index contributed by atoms with van der Waals surface area (Å²) in [5, 5.41) is 0. The van der Waals surface area contributed by atoms with E-state index in [4.69, 9.17) is 13.9 Å². The predicted molar refractivity (Wildman–Crippen MR) is 87.3 cm³/mol. The van der Waals surface area contributed by atoms with Crippen LogP contribution in [0.3, 0.4) is 0 Å². The number of para-hydroxylation sites is 2. The second-order valence-corrected chi connectivity index (χ2v) is 4.76. The van der Waals surface area contributed by atoms with Crippen molar-refractivity contribution in [2.24, 2.45) is 0 Å². The van der Waals surface area contributed by atoms with Crippen molar-refractivity contribution in [2.45, 2.75) is 6.92 Å². The maximum atomic E-state index is 11.7. The number of hydrogen-bond acceptors (Lipinski definition) is 5. The summed E-state index contributed by atoms with van der Waals surface area (Å²) in [5.74, 6) is 1.26. The van der Waals surface area contributed by atoms with Gasteiger partial charge in [-0.3, -0.25) is 20.4 Å². The van der Waals surface area contributed by atoms with Crippen LogP contribution in [0.1, 0.15) is 11.5 Å². The van der Waals surface area contributed by atoms with Gasteiger partial charge in [-0.25, -0.2) is 0 Å². The zero-order valence-corrected chi connectivity index (χ0v) is 13.4. The Bertz CT molecular complexity index is 736. The van der Waals surface area contributed by atoms with Gasteiger partial charge < -0.3 is 13.9 Å². The zero-order valence-electron chi connectivity index (χ0n) is 13.4. The molecule has 0 radical (unpaired) electrons. The molecule has 1 heterocycles. The summed E-state index contributed by atoms with van der Waals surface area (Å²) in [6.45, 7) is 1.54. The van der Waals surface area contributed by atoms with Crippen LogP contribution in [0, 0.1) is 6.92 Å². The van der Waals surface area contributed by atoms with Crippen molar-refractivity contribution in [3.63, 3.8) is 0 Å². The Morgan fingerprint density at radius 3 is 2.54 bits per heavy atom. The van der Waals surface area contributed by atoms with Gasteiger partial charge in [-0.2, -0.15) is 0 Å². The molecule has 0 atom stereocenters. The molecule has 0 spiro atoms. The smallest absolute Gasteiger partial charge is 0.276 e. The Balaban J connectivity index is 1.74. The summed E-state index contributed by atoms with van der Waals surface area (Å²) in [5.41, 5.74) is 4.49. The standard InChI is InChI=1S/C17H18N2O5/c1-12-7-8-13(24-12)9-10-16(20)18-19-17(21)11-23-15-6-4-3-5-14(15)22-2/h3-10H,11H2,1-2H3,(H,18,20)(H,19,21)/b10-9+. The van der Waals surface area contributed by atoms with E-state index in [0.29, 0.717) is 17.3 Å². The summed E-state index contributed by atoms with van der Waals surface area (Å²) >= 11 is 0. The Kier molecular flexibility index (Phi) is 6.01. The van der Waals surface area contributed by atoms with Crippen LogP contribution in [-0.2, 0) is 9.59 Å². The molecule has 0 aliphatic carbocycles. The van der Waals surface area contributed by atoms with Gasteiger partial charge in [0, 0.05) is 6.08 Å². The van der Waals surface area contributed by atoms with Gasteiger partial charge in [0.2, 0.25) is 0 Å². The molecule has 0 saturated heterocycles. The quantitative estimate of drug-likeness (QED) is 0.623. The van der Waals surface area contributed by atoms with Gasteiger partial charge in [-0.1, -0.05) is 12.1 Å². The number of benzene rings is 1. The van der Waals surface area contributed by atoms with Gasteiger partial charge in [0.1, 0.15) is 11.5 Å². The van der Waals surface area contributed by atoms with Crippen molar-refractivity contribution in [3.8, 4) is 11.5 Å². The third-order valence-electron chi connectivity index (χ3n) is 2.91. The maximum Gasteiger partial charge on any atom is 0.276 e. The van der Waals surface area contributed by atoms with E-state index >= 15 is 0 Å². The van der Waals surface area contributed by atoms with Crippen molar-refractivity contribution in [1.29, 1.82) is 0 Å². The monoisotopic (exact) mass is 330 g/mol. The minimum atomic E-state index is -0.503. The highest BCUT2D eigenvalue weighted by atomic mass is 16.5. The molecule has 0 saturated carbocycles. The number of ether oxygens (including phenoxy) is 2. The zero-order chi connectivity index (χ0) is 17.4. The molecule has 0 fully saturated rings. The van der Waals surface area contributed by atoms with Crippen LogP contribution >= 0.6 is 0 Å². The topological polar surface area (TPSA) is 89.8 Å². The van der Waals surface area contributed by atoms with Crippen LogP contribution in [0.4, 0.5) is 0 Å². The molecule has 0 aliphatic heterocycles. The van der Waals surface area contributed by atoms with Gasteiger partial charge in [0.05, 0.1) is 7.11 Å². The van der Waals surface area contributed by atoms with Crippen LogP contribution in [0.15, 0.2) is 46.9 Å². The highest BCUT2D eigenvalue weighted by molar-refractivity contribution is 5.92. The van der Waals surface area contributed by atoms with E-state index in [1.165, 1.54) is 19.3 Å². The largest absolute Gasteiger partial charge is 0.493 e. The summed E-state index contributed by atoms with van der Waals surface area (Å²) in [4.78, 5) is 23.3. The number of nitrogens with one attached hydrogen (secondary N) is 2. The van der Waals surface area contributed by atoms with Crippen molar-refractivity contribution < 1.29 is 23.5 Å². The number of amides is 2. The van der Waals surface area contributed by atoms with Crippen LogP contribution in [0.5, 0.6) is 11.5 Å². The molecule has 2 aromatic rings. The number of methoxy groups -OCH3 is 1. The summed E-state index contributed by atoms with van der Waals surface area (Å²) in [6.07, 6.45) is 2.75. The van der Waals surface area contributed by atoms with Crippen LogP contribution in [-0.4, -0.2) is 25.5 Å². The molecule has 2 rings (SSSR count). The third-order valence-corrected chi connectivity index (χ3v) is 2.91. The Hall–Kier alpha value is -3.22. The van der Waals surface area contributed by atoms with E-state index in [1.54, 1.807) is 43.3 Å². The number of hydrogen-bond donors (Lipinski definition) is 2. The first-order valence-corrected chi connectivity index (χ1v) is 7.17. The Morgan fingerprint density at radius 2 is 1.88 bits per heavy atom. The predicted octanol–water partition coefficient (Wildman–Crippen LogP) is 1.84. The third kappa shape index (κ3) is 5.20. The Labute approximate surface area is 139 Å². The first kappa shape index (κ1) is 17.1. The van der Waals surface area contributed by atoms with E-state index in [2.05, 4.69) is 10.9 Å². The van der Waals surface area contributed by atoms with E-state index < -0.39 is 11.8 Å². The number of carbonyl (C=O) groups is 2. The average Bonchev–Trinajstić information content (AvgIpc) is 3.01. The molecule has 0 bridgehead atoms. The molecule has 7 heteroatoms. The first-order chi connectivity index (χ1) is 11.6. The number of carbonyl (C=O) groups excluding carboxylic acids is 2. The van der Waals surface area contributed by atoms with Gasteiger partial charge >= 0.3 is 0 Å². The molecule has 1 aromatic carbocycles. The number of hydrazine groups is 1. The molecule has 0 aliphatic rings. The minimum Gasteiger partial charge on any atom is -0.493 e. The second kappa shape index (κ2) is 8.42. The van der Waals surface area contributed by atoms with Gasteiger partial charge in [0.25, 0.3) is 11.8 Å². The second-order valence-electron chi connectivity index (χ2n) is 4.76. The lowest BCUT2D eigenvalue weighted by Crippen LogP contribution is -2.43. The van der Waals surface area contributed by atoms with Crippen molar-refractivity contribution in [1.82, 2.24) is 10.9 Å². The van der Waals surface area contributed by atoms with Crippen LogP contribution in [0.2, 0.25) is 0 Å². The highest BCUT2D eigenvalue weighted by Gasteiger charge is 2.07. The lowest BCUT2D eigenvalue weighted by molar-refractivity contribution is -0.128. The van der Waals surface area contributed by atoms with Crippen LogP contribution in [0.25, 0.3) is 6.08 Å². The fraction of sp³-hybridized carbons (Fsp3) is 0.176. The Morgan fingerprint density at radius 1 is 1.12 bits per heavy atom. The molecule has 126 valence electrons. The number of aryl methyl sites for hydroxylation is 1. The van der Waals surface area contributed by atoms with Gasteiger partial charge in [0.15, 0.2) is 18.1 Å². The summed E-state index contributed by atoms with van der Waals surface area (Å²) < 4.78 is 15.7. The molecule has 7 nitrogen and oxygen atoms in total. The SMILES string of the molecule is COc1ccccc1OCC(=O)NNC(=O)/C=C/c1ccc(C)o1. The number of furan rings is 1. The minimum absolute atomic E-state index is 0.262. The van der Waals surface area contributed by atoms with E-state index in [-0.39, 0.29) is 6.61 Å². The summed E-state index contributed by atoms with van der Waals surface area (Å²) in [7, 11) is 1.51. The summed E-state index contributed by atoms with van der Waals surface area (Å²) in [6, 6.07) is 10.5. The lowest BCUT2D eigenvalue weighted by atomic mass is 10.3. The van der Waals surface area contributed by atoms with E-state index in [1.807, 2.05) is 0 Å². The van der Waals surface area contributed by atoms with E-state index in [0.717, 1.165) is 5.76 Å². The molecule has 0 unspecified atom stereocenters. The maximum absolute atomic E-state index is 11.7. The normalized spacial score (nSPS) is 10.4. The average molecular weight is 330 g/mol. The molecule has 24 heavy (non-hydrogen) atoms. The molecular formula is C17H18N2O5. The molecule has 2 amide bonds. The van der Waals surface area contributed by atoms with Crippen molar-refractivity contribution >= 4 is 17.9 Å². The highest BCUT2D eigenvalue weighted by Crippen LogP contribution is 2.25. The van der Waals surface area contributed by atoms with Gasteiger partial charge in [-0.15, -0.1) is 0 Å². The molecule has 1 aromatic heterocycles. The molecule has 2 N–H and O–H groups in total. The van der Waals surface area contributed by atoms with Crippen molar-refractivity contribution in [3.05, 3.63) is 54.0 Å². The lowest BCUT2D eigenvalue weighted by Gasteiger charge is -2.10. The van der Waals surface area contributed by atoms with Crippen molar-refractivity contribution in [2.75, 3.05) is 13.7 Å². The van der Waals surface area contributed by atoms with Gasteiger partial charge in [-0.05, 0) is 37.3 Å². The fourth-order valence-electron chi connectivity index (χ4n) is 1.79. The first-order valence-electron chi connectivity index (χ1n) is 7.17. The number of rotatable bonds is 6. The van der Waals surface area contributed by atoms with E-state index in [9.17, 15) is 9.59 Å². The molecular weight excluding hydrogens is 312 g/mol. The van der Waals surface area contributed by atoms with Crippen LogP contribution < -0.4 is 20.3 Å².